The smallest absolute Gasteiger partial charge is 0.237 e. The third-order valence-electron chi connectivity index (χ3n) is 3.92. The first kappa shape index (κ1) is 13.6. The van der Waals surface area contributed by atoms with Crippen LogP contribution in [0.3, 0.4) is 0 Å². The molecule has 104 valence electrons. The van der Waals surface area contributed by atoms with E-state index in [1.807, 2.05) is 19.2 Å². The van der Waals surface area contributed by atoms with E-state index < -0.39 is 5.54 Å². The van der Waals surface area contributed by atoms with Gasteiger partial charge in [-0.2, -0.15) is 0 Å². The van der Waals surface area contributed by atoms with Crippen LogP contribution in [0.1, 0.15) is 12.8 Å². The Labute approximate surface area is 113 Å². The maximum Gasteiger partial charge on any atom is 0.237 e. The zero-order valence-electron chi connectivity index (χ0n) is 11.4. The second-order valence-electron chi connectivity index (χ2n) is 4.81. The van der Waals surface area contributed by atoms with Crippen molar-refractivity contribution in [3.63, 3.8) is 0 Å². The standard InChI is InChI=1S/C13H21N5O/c1-15-10-4-3-7-17-11(10)18-8-5-13(16-2,6-9-18)12(14)19/h3-4,7,15-16H,5-6,8-9H2,1-2H3,(H2,14,19). The molecule has 4 N–H and O–H groups in total. The van der Waals surface area contributed by atoms with E-state index in [1.165, 1.54) is 0 Å². The predicted molar refractivity (Wildman–Crippen MR) is 76.2 cm³/mol. The number of nitrogens with one attached hydrogen (secondary N) is 2. The Morgan fingerprint density at radius 3 is 2.63 bits per heavy atom. The van der Waals surface area contributed by atoms with Gasteiger partial charge in [0.05, 0.1) is 5.69 Å². The molecule has 1 saturated heterocycles. The number of piperidine rings is 1. The average molecular weight is 263 g/mol. The Balaban J connectivity index is 2.13. The average Bonchev–Trinajstić information content (AvgIpc) is 2.47. The van der Waals surface area contributed by atoms with Crippen molar-refractivity contribution in [1.82, 2.24) is 10.3 Å². The number of amides is 1. The van der Waals surface area contributed by atoms with Crippen molar-refractivity contribution in [3.05, 3.63) is 18.3 Å². The molecule has 1 aliphatic heterocycles. The number of carbonyl (C=O) groups is 1. The molecule has 0 unspecified atom stereocenters. The first-order valence-electron chi connectivity index (χ1n) is 6.49. The van der Waals surface area contributed by atoms with Gasteiger partial charge in [-0.25, -0.2) is 4.98 Å². The van der Waals surface area contributed by atoms with E-state index in [2.05, 4.69) is 20.5 Å². The van der Waals surface area contributed by atoms with Crippen LogP contribution in [0.4, 0.5) is 11.5 Å². The molecule has 1 aliphatic rings. The molecular weight excluding hydrogens is 242 g/mol. The van der Waals surface area contributed by atoms with Crippen molar-refractivity contribution in [1.29, 1.82) is 0 Å². The number of nitrogens with two attached hydrogens (primary N) is 1. The molecule has 19 heavy (non-hydrogen) atoms. The van der Waals surface area contributed by atoms with E-state index in [-0.39, 0.29) is 5.91 Å². The molecule has 0 aromatic carbocycles. The van der Waals surface area contributed by atoms with Crippen LogP contribution in [0, 0.1) is 0 Å². The second-order valence-corrected chi connectivity index (χ2v) is 4.81. The van der Waals surface area contributed by atoms with Crippen LogP contribution >= 0.6 is 0 Å². The summed E-state index contributed by atoms with van der Waals surface area (Å²) >= 11 is 0. The maximum absolute atomic E-state index is 11.6. The van der Waals surface area contributed by atoms with Crippen molar-refractivity contribution >= 4 is 17.4 Å². The molecule has 1 aromatic heterocycles. The lowest BCUT2D eigenvalue weighted by Crippen LogP contribution is -2.59. The van der Waals surface area contributed by atoms with Gasteiger partial charge in [-0.3, -0.25) is 4.79 Å². The first-order valence-corrected chi connectivity index (χ1v) is 6.49. The molecule has 2 heterocycles. The van der Waals surface area contributed by atoms with Crippen LogP contribution in [0.5, 0.6) is 0 Å². The fourth-order valence-electron chi connectivity index (χ4n) is 2.56. The van der Waals surface area contributed by atoms with Crippen molar-refractivity contribution < 1.29 is 4.79 Å². The number of hydrogen-bond donors (Lipinski definition) is 3. The highest BCUT2D eigenvalue weighted by atomic mass is 16.1. The zero-order chi connectivity index (χ0) is 13.9. The predicted octanol–water partition coefficient (Wildman–Crippen LogP) is 0.167. The molecule has 1 fully saturated rings. The minimum atomic E-state index is -0.578. The monoisotopic (exact) mass is 263 g/mol. The van der Waals surface area contributed by atoms with Gasteiger partial charge in [0.2, 0.25) is 5.91 Å². The van der Waals surface area contributed by atoms with E-state index in [1.54, 1.807) is 13.2 Å². The lowest BCUT2D eigenvalue weighted by Gasteiger charge is -2.40. The number of nitrogens with zero attached hydrogens (tertiary/aromatic N) is 2. The maximum atomic E-state index is 11.6. The molecule has 1 aromatic rings. The van der Waals surface area contributed by atoms with Gasteiger partial charge in [0.15, 0.2) is 5.82 Å². The third kappa shape index (κ3) is 2.49. The lowest BCUT2D eigenvalue weighted by atomic mass is 9.87. The Bertz CT molecular complexity index is 454. The second kappa shape index (κ2) is 5.44. The third-order valence-corrected chi connectivity index (χ3v) is 3.92. The van der Waals surface area contributed by atoms with Crippen molar-refractivity contribution in [2.75, 3.05) is 37.4 Å². The normalized spacial score (nSPS) is 18.1. The fourth-order valence-corrected chi connectivity index (χ4v) is 2.56. The largest absolute Gasteiger partial charge is 0.385 e. The van der Waals surface area contributed by atoms with Crippen molar-refractivity contribution in [3.8, 4) is 0 Å². The summed E-state index contributed by atoms with van der Waals surface area (Å²) in [6.07, 6.45) is 3.17. The summed E-state index contributed by atoms with van der Waals surface area (Å²) in [5, 5.41) is 6.22. The van der Waals surface area contributed by atoms with E-state index >= 15 is 0 Å². The molecule has 0 atom stereocenters. The van der Waals surface area contributed by atoms with Crippen LogP contribution in [0.2, 0.25) is 0 Å². The topological polar surface area (TPSA) is 83.3 Å². The van der Waals surface area contributed by atoms with Crippen LogP contribution < -0.4 is 21.3 Å². The number of rotatable bonds is 4. The molecule has 0 bridgehead atoms. The van der Waals surface area contributed by atoms with Gasteiger partial charge >= 0.3 is 0 Å². The highest BCUT2D eigenvalue weighted by Crippen LogP contribution is 2.29. The van der Waals surface area contributed by atoms with Crippen molar-refractivity contribution in [2.24, 2.45) is 5.73 Å². The Morgan fingerprint density at radius 1 is 1.42 bits per heavy atom. The number of hydrogen-bond acceptors (Lipinski definition) is 5. The molecule has 6 heteroatoms. The van der Waals surface area contributed by atoms with Crippen LogP contribution in [-0.2, 0) is 4.79 Å². The summed E-state index contributed by atoms with van der Waals surface area (Å²) < 4.78 is 0. The quantitative estimate of drug-likeness (QED) is 0.721. The summed E-state index contributed by atoms with van der Waals surface area (Å²) in [5.74, 6) is 0.656. The fraction of sp³-hybridized carbons (Fsp3) is 0.538. The summed E-state index contributed by atoms with van der Waals surface area (Å²) in [7, 11) is 3.67. The van der Waals surface area contributed by atoms with E-state index in [0.717, 1.165) is 24.6 Å². The SMILES string of the molecule is CNc1cccnc1N1CCC(NC)(C(N)=O)CC1. The first-order chi connectivity index (χ1) is 9.13. The number of likely N-dealkylation sites (N-methyl/N-ethyl adjacent to an activating group) is 1. The highest BCUT2D eigenvalue weighted by molar-refractivity contribution is 5.85. The van der Waals surface area contributed by atoms with Gasteiger partial charge in [0.25, 0.3) is 0 Å². The molecule has 2 rings (SSSR count). The highest BCUT2D eigenvalue weighted by Gasteiger charge is 2.38. The summed E-state index contributed by atoms with van der Waals surface area (Å²) in [6.45, 7) is 1.52. The minimum absolute atomic E-state index is 0.274. The molecule has 0 spiro atoms. The molecular formula is C13H21N5O. The lowest BCUT2D eigenvalue weighted by molar-refractivity contribution is -0.125. The summed E-state index contributed by atoms with van der Waals surface area (Å²) in [6, 6.07) is 3.90. The number of primary amides is 1. The molecule has 0 radical (unpaired) electrons. The van der Waals surface area contributed by atoms with E-state index in [0.29, 0.717) is 12.8 Å². The van der Waals surface area contributed by atoms with Gasteiger partial charge in [0.1, 0.15) is 5.54 Å². The summed E-state index contributed by atoms with van der Waals surface area (Å²) in [4.78, 5) is 18.2. The van der Waals surface area contributed by atoms with Gasteiger partial charge in [0, 0.05) is 26.3 Å². The van der Waals surface area contributed by atoms with Crippen LogP contribution in [-0.4, -0.2) is 43.6 Å². The molecule has 1 amide bonds. The number of anilines is 2. The van der Waals surface area contributed by atoms with Gasteiger partial charge in [-0.1, -0.05) is 0 Å². The number of aromatic nitrogens is 1. The molecule has 0 aliphatic carbocycles. The van der Waals surface area contributed by atoms with Crippen LogP contribution in [0.25, 0.3) is 0 Å². The zero-order valence-corrected chi connectivity index (χ0v) is 11.4. The van der Waals surface area contributed by atoms with Gasteiger partial charge in [-0.05, 0) is 32.0 Å². The minimum Gasteiger partial charge on any atom is -0.385 e. The molecule has 0 saturated carbocycles. The Kier molecular flexibility index (Phi) is 3.90. The number of carbonyl (C=O) groups excluding carboxylic acids is 1. The Morgan fingerprint density at radius 2 is 2.11 bits per heavy atom. The van der Waals surface area contributed by atoms with E-state index in [9.17, 15) is 4.79 Å². The van der Waals surface area contributed by atoms with Gasteiger partial charge < -0.3 is 21.3 Å². The number of pyridine rings is 1. The summed E-state index contributed by atoms with van der Waals surface area (Å²) in [5.41, 5.74) is 5.93. The van der Waals surface area contributed by atoms with Gasteiger partial charge in [-0.15, -0.1) is 0 Å². The van der Waals surface area contributed by atoms with Crippen LogP contribution in [0.15, 0.2) is 18.3 Å². The molecule has 6 nitrogen and oxygen atoms in total. The van der Waals surface area contributed by atoms with Crippen molar-refractivity contribution in [2.45, 2.75) is 18.4 Å². The van der Waals surface area contributed by atoms with E-state index in [4.69, 9.17) is 5.73 Å². The Hall–Kier alpha value is -1.82.